The highest BCUT2D eigenvalue weighted by atomic mass is 19.1. The minimum atomic E-state index is -0.297. The molecule has 3 unspecified atom stereocenters. The van der Waals surface area contributed by atoms with E-state index in [1.165, 1.54) is 12.1 Å². The first kappa shape index (κ1) is 14.9. The Morgan fingerprint density at radius 1 is 1.50 bits per heavy atom. The van der Waals surface area contributed by atoms with Gasteiger partial charge in [-0.25, -0.2) is 4.39 Å². The zero-order valence-electron chi connectivity index (χ0n) is 12.1. The van der Waals surface area contributed by atoms with E-state index in [4.69, 9.17) is 4.74 Å². The topological polar surface area (TPSA) is 41.6 Å². The largest absolute Gasteiger partial charge is 0.377 e. The summed E-state index contributed by atoms with van der Waals surface area (Å²) in [5, 5.41) is 3.20. The number of hydrogen-bond donors (Lipinski definition) is 1. The summed E-state index contributed by atoms with van der Waals surface area (Å²) >= 11 is 0. The third kappa shape index (κ3) is 3.16. The van der Waals surface area contributed by atoms with E-state index < -0.39 is 0 Å². The highest BCUT2D eigenvalue weighted by Gasteiger charge is 2.37. The maximum absolute atomic E-state index is 13.4. The highest BCUT2D eigenvalue weighted by Crippen LogP contribution is 2.26. The summed E-state index contributed by atoms with van der Waals surface area (Å²) in [7, 11) is 0. The van der Waals surface area contributed by atoms with E-state index in [1.807, 2.05) is 26.8 Å². The van der Waals surface area contributed by atoms with Crippen molar-refractivity contribution in [2.75, 3.05) is 13.2 Å². The van der Waals surface area contributed by atoms with Crippen LogP contribution >= 0.6 is 0 Å². The maximum atomic E-state index is 13.4. The Morgan fingerprint density at radius 2 is 2.25 bits per heavy atom. The number of nitrogens with one attached hydrogen (secondary N) is 1. The molecule has 1 aromatic rings. The Bertz CT molecular complexity index is 481. The minimum absolute atomic E-state index is 0.0193. The number of carbonyl (C=O) groups excluding carboxylic acids is 1. The van der Waals surface area contributed by atoms with Crippen LogP contribution in [0.4, 0.5) is 4.39 Å². The first-order valence-electron chi connectivity index (χ1n) is 6.96. The molecular weight excluding hydrogens is 259 g/mol. The van der Waals surface area contributed by atoms with Crippen LogP contribution in [0.15, 0.2) is 24.3 Å². The lowest BCUT2D eigenvalue weighted by atomic mass is 10.1. The lowest BCUT2D eigenvalue weighted by Crippen LogP contribution is -2.37. The van der Waals surface area contributed by atoms with Crippen LogP contribution in [0.5, 0.6) is 0 Å². The summed E-state index contributed by atoms with van der Waals surface area (Å²) in [4.78, 5) is 13.9. The summed E-state index contributed by atoms with van der Waals surface area (Å²) in [6.45, 7) is 6.78. The molecule has 1 aliphatic rings. The van der Waals surface area contributed by atoms with Crippen LogP contribution in [-0.4, -0.2) is 36.1 Å². The van der Waals surface area contributed by atoms with E-state index >= 15 is 0 Å². The van der Waals surface area contributed by atoms with Crippen molar-refractivity contribution >= 4 is 5.91 Å². The van der Waals surface area contributed by atoms with Crippen molar-refractivity contribution in [2.24, 2.45) is 0 Å². The molecule has 1 aliphatic heterocycles. The van der Waals surface area contributed by atoms with Gasteiger partial charge in [-0.2, -0.15) is 0 Å². The van der Waals surface area contributed by atoms with Gasteiger partial charge in [0.15, 0.2) is 0 Å². The smallest absolute Gasteiger partial charge is 0.241 e. The predicted molar refractivity (Wildman–Crippen MR) is 74.5 cm³/mol. The molecule has 20 heavy (non-hydrogen) atoms. The average Bonchev–Trinajstić information content (AvgIpc) is 2.67. The van der Waals surface area contributed by atoms with E-state index in [2.05, 4.69) is 5.32 Å². The fraction of sp³-hybridized carbons (Fsp3) is 0.533. The van der Waals surface area contributed by atoms with Crippen molar-refractivity contribution < 1.29 is 13.9 Å². The molecule has 5 heteroatoms. The molecule has 3 atom stereocenters. The number of ether oxygens (including phenoxy) is 1. The molecule has 0 saturated carbocycles. The number of rotatable bonds is 5. The van der Waals surface area contributed by atoms with Crippen LogP contribution < -0.4 is 5.32 Å². The van der Waals surface area contributed by atoms with Gasteiger partial charge in [0.1, 0.15) is 12.0 Å². The van der Waals surface area contributed by atoms with Gasteiger partial charge in [-0.1, -0.05) is 12.1 Å². The fourth-order valence-corrected chi connectivity index (χ4v) is 2.54. The van der Waals surface area contributed by atoms with Crippen molar-refractivity contribution in [3.8, 4) is 0 Å². The van der Waals surface area contributed by atoms with E-state index in [1.54, 1.807) is 11.0 Å². The molecule has 0 spiro atoms. The molecule has 1 fully saturated rings. The van der Waals surface area contributed by atoms with Gasteiger partial charge < -0.3 is 9.64 Å². The maximum Gasteiger partial charge on any atom is 0.241 e. The summed E-state index contributed by atoms with van der Waals surface area (Å²) in [5.41, 5.74) is 0.756. The molecule has 1 saturated heterocycles. The summed E-state index contributed by atoms with van der Waals surface area (Å²) in [6.07, 6.45) is -0.344. The number of benzene rings is 1. The molecule has 0 aliphatic carbocycles. The normalized spacial score (nSPS) is 24.2. The molecule has 0 aromatic heterocycles. The number of nitrogens with zero attached hydrogens (tertiary/aromatic N) is 1. The minimum Gasteiger partial charge on any atom is -0.377 e. The zero-order valence-corrected chi connectivity index (χ0v) is 12.1. The number of amides is 1. The monoisotopic (exact) mass is 280 g/mol. The summed E-state index contributed by atoms with van der Waals surface area (Å²) in [6, 6.07) is 6.07. The molecule has 1 N–H and O–H groups in total. The molecule has 2 rings (SSSR count). The van der Waals surface area contributed by atoms with Crippen molar-refractivity contribution in [3.63, 3.8) is 0 Å². The van der Waals surface area contributed by atoms with Gasteiger partial charge in [-0.05, 0) is 38.5 Å². The second-order valence-corrected chi connectivity index (χ2v) is 5.10. The van der Waals surface area contributed by atoms with Crippen LogP contribution in [0.3, 0.4) is 0 Å². The van der Waals surface area contributed by atoms with E-state index in [0.29, 0.717) is 13.2 Å². The number of hydrogen-bond acceptors (Lipinski definition) is 3. The Kier molecular flexibility index (Phi) is 4.73. The van der Waals surface area contributed by atoms with E-state index in [0.717, 1.165) is 5.56 Å². The molecule has 4 nitrogen and oxygen atoms in total. The van der Waals surface area contributed by atoms with Gasteiger partial charge in [-0.3, -0.25) is 10.1 Å². The molecule has 1 amide bonds. The average molecular weight is 280 g/mol. The zero-order chi connectivity index (χ0) is 14.7. The Balaban J connectivity index is 2.19. The molecule has 1 aromatic carbocycles. The van der Waals surface area contributed by atoms with Crippen LogP contribution in [0.25, 0.3) is 0 Å². The third-order valence-electron chi connectivity index (χ3n) is 3.44. The van der Waals surface area contributed by atoms with Crippen molar-refractivity contribution in [2.45, 2.75) is 39.1 Å². The van der Waals surface area contributed by atoms with Gasteiger partial charge in [0, 0.05) is 13.2 Å². The molecule has 1 heterocycles. The number of carbonyl (C=O) groups is 1. The summed E-state index contributed by atoms with van der Waals surface area (Å²) in [5.74, 6) is -0.278. The lowest BCUT2D eigenvalue weighted by molar-refractivity contribution is -0.131. The second kappa shape index (κ2) is 6.33. The SMILES string of the molecule is CCOC(C)CN1C(=O)C(C)NC1c1cccc(F)c1. The lowest BCUT2D eigenvalue weighted by Gasteiger charge is -2.27. The van der Waals surface area contributed by atoms with E-state index in [-0.39, 0.29) is 30.0 Å². The van der Waals surface area contributed by atoms with Gasteiger partial charge in [-0.15, -0.1) is 0 Å². The quantitative estimate of drug-likeness (QED) is 0.897. The Labute approximate surface area is 118 Å². The van der Waals surface area contributed by atoms with E-state index in [9.17, 15) is 9.18 Å². The van der Waals surface area contributed by atoms with Crippen LogP contribution in [-0.2, 0) is 9.53 Å². The van der Waals surface area contributed by atoms with Gasteiger partial charge in [0.25, 0.3) is 0 Å². The second-order valence-electron chi connectivity index (χ2n) is 5.10. The van der Waals surface area contributed by atoms with Crippen LogP contribution in [0, 0.1) is 5.82 Å². The Hall–Kier alpha value is -1.46. The highest BCUT2D eigenvalue weighted by molar-refractivity contribution is 5.84. The first-order chi connectivity index (χ1) is 9.52. The predicted octanol–water partition coefficient (Wildman–Crippen LogP) is 2.07. The fourth-order valence-electron chi connectivity index (χ4n) is 2.54. The van der Waals surface area contributed by atoms with Gasteiger partial charge >= 0.3 is 0 Å². The van der Waals surface area contributed by atoms with Crippen LogP contribution in [0.2, 0.25) is 0 Å². The molecule has 110 valence electrons. The van der Waals surface area contributed by atoms with Crippen molar-refractivity contribution in [1.29, 1.82) is 0 Å². The first-order valence-corrected chi connectivity index (χ1v) is 6.96. The van der Waals surface area contributed by atoms with Gasteiger partial charge in [0.2, 0.25) is 5.91 Å². The van der Waals surface area contributed by atoms with Gasteiger partial charge in [0.05, 0.1) is 12.1 Å². The third-order valence-corrected chi connectivity index (χ3v) is 3.44. The number of halogens is 1. The molecule has 0 bridgehead atoms. The van der Waals surface area contributed by atoms with Crippen molar-refractivity contribution in [1.82, 2.24) is 10.2 Å². The van der Waals surface area contributed by atoms with Crippen LogP contribution in [0.1, 0.15) is 32.5 Å². The Morgan fingerprint density at radius 3 is 2.90 bits per heavy atom. The molecular formula is C15H21FN2O2. The standard InChI is InChI=1S/C15H21FN2O2/c1-4-20-10(2)9-18-14(17-11(3)15(18)19)12-6-5-7-13(16)8-12/h5-8,10-11,14,17H,4,9H2,1-3H3. The van der Waals surface area contributed by atoms with Crippen molar-refractivity contribution in [3.05, 3.63) is 35.6 Å². The molecule has 0 radical (unpaired) electrons. The summed E-state index contributed by atoms with van der Waals surface area (Å²) < 4.78 is 18.9.